The van der Waals surface area contributed by atoms with Crippen LogP contribution >= 0.6 is 0 Å². The number of para-hydroxylation sites is 1. The number of aromatic nitrogens is 1. The van der Waals surface area contributed by atoms with Gasteiger partial charge in [-0.3, -0.25) is 4.79 Å². The van der Waals surface area contributed by atoms with Gasteiger partial charge in [0, 0.05) is 23.1 Å². The van der Waals surface area contributed by atoms with Crippen LogP contribution in [0.4, 0.5) is 4.39 Å². The molecule has 0 aliphatic heterocycles. The Bertz CT molecular complexity index is 1260. The summed E-state index contributed by atoms with van der Waals surface area (Å²) in [5, 5.41) is 12.4. The van der Waals surface area contributed by atoms with Gasteiger partial charge in [0.15, 0.2) is 0 Å². The van der Waals surface area contributed by atoms with Crippen LogP contribution in [0.2, 0.25) is 0 Å². The molecule has 162 valence electrons. The van der Waals surface area contributed by atoms with Crippen molar-refractivity contribution < 1.29 is 19.0 Å². The van der Waals surface area contributed by atoms with Crippen LogP contribution in [0.1, 0.15) is 12.5 Å². The van der Waals surface area contributed by atoms with Crippen LogP contribution in [0.3, 0.4) is 0 Å². The number of benzene rings is 3. The Labute approximate surface area is 185 Å². The smallest absolute Gasteiger partial charge is 0.317 e. The van der Waals surface area contributed by atoms with E-state index in [9.17, 15) is 9.18 Å². The molecule has 0 fully saturated rings. The van der Waals surface area contributed by atoms with Gasteiger partial charge in [-0.05, 0) is 48.4 Å². The molecule has 5 nitrogen and oxygen atoms in total. The largest absolute Gasteiger partial charge is 0.493 e. The maximum atomic E-state index is 13.8. The second-order valence-electron chi connectivity index (χ2n) is 7.33. The highest BCUT2D eigenvalue weighted by molar-refractivity contribution is 5.85. The summed E-state index contributed by atoms with van der Waals surface area (Å²) in [5.41, 5.74) is 5.14. The highest BCUT2D eigenvalue weighted by Crippen LogP contribution is 2.32. The molecule has 0 bridgehead atoms. The van der Waals surface area contributed by atoms with Crippen molar-refractivity contribution >= 4 is 16.9 Å². The van der Waals surface area contributed by atoms with E-state index in [1.54, 1.807) is 6.07 Å². The molecule has 32 heavy (non-hydrogen) atoms. The van der Waals surface area contributed by atoms with Crippen LogP contribution in [0.25, 0.3) is 33.3 Å². The molecular formula is C26H23FN2O3. The molecule has 0 saturated carbocycles. The molecule has 0 aliphatic rings. The van der Waals surface area contributed by atoms with Crippen LogP contribution in [0.5, 0.6) is 5.75 Å². The third-order valence-corrected chi connectivity index (χ3v) is 5.13. The molecule has 0 atom stereocenters. The third-order valence-electron chi connectivity index (χ3n) is 5.13. The quantitative estimate of drug-likeness (QED) is 0.398. The van der Waals surface area contributed by atoms with Crippen molar-refractivity contribution in [2.75, 3.05) is 13.2 Å². The van der Waals surface area contributed by atoms with Crippen molar-refractivity contribution in [1.82, 2.24) is 10.3 Å². The highest BCUT2D eigenvalue weighted by Gasteiger charge is 2.11. The van der Waals surface area contributed by atoms with E-state index in [0.29, 0.717) is 24.1 Å². The summed E-state index contributed by atoms with van der Waals surface area (Å²) in [6.45, 7) is 2.67. The van der Waals surface area contributed by atoms with E-state index in [4.69, 9.17) is 14.8 Å². The second-order valence-corrected chi connectivity index (χ2v) is 7.33. The van der Waals surface area contributed by atoms with Crippen molar-refractivity contribution in [3.63, 3.8) is 0 Å². The Hall–Kier alpha value is -3.77. The number of fused-ring (bicyclic) bond motifs is 1. The Kier molecular flexibility index (Phi) is 6.42. The van der Waals surface area contributed by atoms with Gasteiger partial charge in [0.2, 0.25) is 0 Å². The van der Waals surface area contributed by atoms with Crippen LogP contribution in [0, 0.1) is 5.82 Å². The average molecular weight is 430 g/mol. The first-order valence-electron chi connectivity index (χ1n) is 10.4. The average Bonchev–Trinajstić information content (AvgIpc) is 2.80. The standard InChI is InChI=1S/C26H23FN2O3/c1-2-32-25-6-4-3-5-21(25)17-7-9-18(10-8-17)24-13-19(15-28-16-26(30)31)22-14-20(27)11-12-23(22)29-24/h3-14,28H,2,15-16H2,1H3,(H,30,31). The van der Waals surface area contributed by atoms with Gasteiger partial charge in [-0.1, -0.05) is 42.5 Å². The van der Waals surface area contributed by atoms with Crippen molar-refractivity contribution in [3.05, 3.63) is 84.2 Å². The number of carbonyl (C=O) groups is 1. The van der Waals surface area contributed by atoms with Crippen molar-refractivity contribution in [2.24, 2.45) is 0 Å². The number of aliphatic carboxylic acids is 1. The summed E-state index contributed by atoms with van der Waals surface area (Å²) in [6, 6.07) is 22.2. The van der Waals surface area contributed by atoms with E-state index < -0.39 is 5.97 Å². The predicted molar refractivity (Wildman–Crippen MR) is 123 cm³/mol. The highest BCUT2D eigenvalue weighted by atomic mass is 19.1. The first-order valence-corrected chi connectivity index (χ1v) is 10.4. The lowest BCUT2D eigenvalue weighted by Crippen LogP contribution is -2.22. The van der Waals surface area contributed by atoms with Gasteiger partial charge in [0.1, 0.15) is 11.6 Å². The van der Waals surface area contributed by atoms with Gasteiger partial charge >= 0.3 is 5.97 Å². The summed E-state index contributed by atoms with van der Waals surface area (Å²) in [5.74, 6) is -0.470. The number of carboxylic acid groups (broad SMARTS) is 1. The van der Waals surface area contributed by atoms with Crippen LogP contribution < -0.4 is 10.1 Å². The Morgan fingerprint density at radius 1 is 1.03 bits per heavy atom. The zero-order valence-electron chi connectivity index (χ0n) is 17.6. The van der Waals surface area contributed by atoms with E-state index in [-0.39, 0.29) is 12.4 Å². The van der Waals surface area contributed by atoms with Crippen molar-refractivity contribution in [1.29, 1.82) is 0 Å². The monoisotopic (exact) mass is 430 g/mol. The molecule has 4 aromatic rings. The second kappa shape index (κ2) is 9.58. The van der Waals surface area contributed by atoms with E-state index in [1.165, 1.54) is 12.1 Å². The Morgan fingerprint density at radius 3 is 2.53 bits per heavy atom. The zero-order valence-corrected chi connectivity index (χ0v) is 17.6. The lowest BCUT2D eigenvalue weighted by atomic mass is 10.00. The fraction of sp³-hybridized carbons (Fsp3) is 0.154. The van der Waals surface area contributed by atoms with Crippen molar-refractivity contribution in [3.8, 4) is 28.1 Å². The number of pyridine rings is 1. The van der Waals surface area contributed by atoms with Crippen LogP contribution in [-0.4, -0.2) is 29.2 Å². The maximum Gasteiger partial charge on any atom is 0.317 e. The van der Waals surface area contributed by atoms with E-state index in [1.807, 2.05) is 61.5 Å². The molecule has 0 saturated heterocycles. The molecule has 6 heteroatoms. The number of rotatable bonds is 8. The summed E-state index contributed by atoms with van der Waals surface area (Å²) in [7, 11) is 0. The lowest BCUT2D eigenvalue weighted by Gasteiger charge is -2.12. The molecule has 4 rings (SSSR count). The van der Waals surface area contributed by atoms with Gasteiger partial charge < -0.3 is 15.2 Å². The first kappa shape index (κ1) is 21.5. The number of hydrogen-bond acceptors (Lipinski definition) is 4. The van der Waals surface area contributed by atoms with Crippen LogP contribution in [0.15, 0.2) is 72.8 Å². The van der Waals surface area contributed by atoms with E-state index >= 15 is 0 Å². The normalized spacial score (nSPS) is 10.9. The van der Waals surface area contributed by atoms with Gasteiger partial charge in [-0.2, -0.15) is 0 Å². The fourth-order valence-corrected chi connectivity index (χ4v) is 3.67. The zero-order chi connectivity index (χ0) is 22.5. The minimum Gasteiger partial charge on any atom is -0.493 e. The number of ether oxygens (including phenoxy) is 1. The molecule has 3 aromatic carbocycles. The Balaban J connectivity index is 1.70. The lowest BCUT2D eigenvalue weighted by molar-refractivity contribution is -0.135. The molecule has 0 radical (unpaired) electrons. The first-order chi connectivity index (χ1) is 15.5. The molecule has 0 amide bonds. The van der Waals surface area contributed by atoms with Gasteiger partial charge in [-0.15, -0.1) is 0 Å². The van der Waals surface area contributed by atoms with Gasteiger partial charge in [-0.25, -0.2) is 9.37 Å². The van der Waals surface area contributed by atoms with Gasteiger partial charge in [0.05, 0.1) is 24.4 Å². The molecule has 0 spiro atoms. The van der Waals surface area contributed by atoms with E-state index in [2.05, 4.69) is 5.32 Å². The minimum atomic E-state index is -0.947. The van der Waals surface area contributed by atoms with Gasteiger partial charge in [0.25, 0.3) is 0 Å². The molecular weight excluding hydrogens is 407 g/mol. The summed E-state index contributed by atoms with van der Waals surface area (Å²) in [4.78, 5) is 15.6. The molecule has 0 unspecified atom stereocenters. The molecule has 1 aromatic heterocycles. The minimum absolute atomic E-state index is 0.178. The summed E-state index contributed by atoms with van der Waals surface area (Å²) in [6.07, 6.45) is 0. The number of nitrogens with one attached hydrogen (secondary N) is 1. The Morgan fingerprint density at radius 2 is 1.78 bits per heavy atom. The predicted octanol–water partition coefficient (Wildman–Crippen LogP) is 5.28. The van der Waals surface area contributed by atoms with Crippen molar-refractivity contribution in [2.45, 2.75) is 13.5 Å². The topological polar surface area (TPSA) is 71.5 Å². The third kappa shape index (κ3) is 4.76. The SMILES string of the molecule is CCOc1ccccc1-c1ccc(-c2cc(CNCC(=O)O)c3cc(F)ccc3n2)cc1. The number of hydrogen-bond donors (Lipinski definition) is 2. The van der Waals surface area contributed by atoms with E-state index in [0.717, 1.165) is 33.7 Å². The fourth-order valence-electron chi connectivity index (χ4n) is 3.67. The molecule has 1 heterocycles. The number of carboxylic acids is 1. The summed E-state index contributed by atoms with van der Waals surface area (Å²) >= 11 is 0. The number of nitrogens with zero attached hydrogens (tertiary/aromatic N) is 1. The van der Waals surface area contributed by atoms with Crippen LogP contribution in [-0.2, 0) is 11.3 Å². The maximum absolute atomic E-state index is 13.8. The molecule has 2 N–H and O–H groups in total. The molecule has 0 aliphatic carbocycles. The number of halogens is 1. The summed E-state index contributed by atoms with van der Waals surface area (Å²) < 4.78 is 19.6.